The van der Waals surface area contributed by atoms with E-state index in [0.717, 1.165) is 0 Å². The molecule has 1 rings (SSSR count). The summed E-state index contributed by atoms with van der Waals surface area (Å²) in [6, 6.07) is 7.67. The Morgan fingerprint density at radius 3 is 1.62 bits per heavy atom. The molecule has 0 aliphatic heterocycles. The van der Waals surface area contributed by atoms with Gasteiger partial charge < -0.3 is 0 Å². The van der Waals surface area contributed by atoms with E-state index in [1.54, 1.807) is 13.8 Å². The van der Waals surface area contributed by atoms with E-state index < -0.39 is 16.2 Å². The quantitative estimate of drug-likeness (QED) is 0.614. The van der Waals surface area contributed by atoms with E-state index in [9.17, 15) is 21.0 Å². The van der Waals surface area contributed by atoms with Gasteiger partial charge in [-0.05, 0) is 12.3 Å². The molecule has 0 bridgehead atoms. The molecule has 0 radical (unpaired) electrons. The van der Waals surface area contributed by atoms with Crippen LogP contribution in [0.15, 0.2) is 0 Å². The number of nitrogens with zero attached hydrogens (tertiary/aromatic N) is 4. The molecule has 16 heavy (non-hydrogen) atoms. The summed E-state index contributed by atoms with van der Waals surface area (Å²) in [5.41, 5.74) is -3.73. The van der Waals surface area contributed by atoms with Crippen molar-refractivity contribution in [1.29, 1.82) is 21.0 Å². The minimum atomic E-state index is -1.55. The van der Waals surface area contributed by atoms with Crippen LogP contribution in [0.5, 0.6) is 0 Å². The smallest absolute Gasteiger partial charge is 0.180 e. The Kier molecular flexibility index (Phi) is 2.43. The molecule has 80 valence electrons. The van der Waals surface area contributed by atoms with Crippen molar-refractivity contribution in [2.75, 3.05) is 0 Å². The van der Waals surface area contributed by atoms with Crippen LogP contribution < -0.4 is 0 Å². The molecule has 1 unspecified atom stereocenters. The molecule has 1 atom stereocenters. The van der Waals surface area contributed by atoms with Crippen molar-refractivity contribution < 1.29 is 0 Å². The lowest BCUT2D eigenvalue weighted by atomic mass is 9.59. The maximum absolute atomic E-state index is 9.29. The number of hydrogen-bond donors (Lipinski definition) is 0. The zero-order chi connectivity index (χ0) is 12.6. The van der Waals surface area contributed by atoms with E-state index in [4.69, 9.17) is 0 Å². The van der Waals surface area contributed by atoms with Crippen molar-refractivity contribution in [3.63, 3.8) is 0 Å². The second-order valence-electron chi connectivity index (χ2n) is 4.93. The van der Waals surface area contributed by atoms with Gasteiger partial charge in [0.1, 0.15) is 0 Å². The third kappa shape index (κ3) is 0.946. The van der Waals surface area contributed by atoms with Crippen LogP contribution in [0.3, 0.4) is 0 Å². The van der Waals surface area contributed by atoms with Crippen molar-refractivity contribution >= 4 is 0 Å². The fraction of sp³-hybridized carbons (Fsp3) is 0.667. The van der Waals surface area contributed by atoms with Gasteiger partial charge in [0.05, 0.1) is 24.3 Å². The van der Waals surface area contributed by atoms with E-state index in [2.05, 4.69) is 0 Å². The Labute approximate surface area is 95.3 Å². The number of hydrogen-bond acceptors (Lipinski definition) is 4. The van der Waals surface area contributed by atoms with Crippen LogP contribution in [0.2, 0.25) is 0 Å². The monoisotopic (exact) mass is 212 g/mol. The first-order valence-corrected chi connectivity index (χ1v) is 5.02. The molecule has 0 heterocycles. The summed E-state index contributed by atoms with van der Waals surface area (Å²) in [7, 11) is 0. The van der Waals surface area contributed by atoms with E-state index in [1.165, 1.54) is 0 Å². The Hall–Kier alpha value is -2.04. The lowest BCUT2D eigenvalue weighted by Crippen LogP contribution is -2.42. The average Bonchev–Trinajstić information content (AvgIpc) is 2.45. The summed E-state index contributed by atoms with van der Waals surface area (Å²) in [4.78, 5) is 0. The van der Waals surface area contributed by atoms with Gasteiger partial charge in [-0.25, -0.2) is 0 Å². The standard InChI is InChI=1S/C12H12N4/c1-9-4-11(5-13,6-14)12(7-15,8-16)10(9,2)3/h9H,4H2,1-3H3. The molecule has 1 aliphatic rings. The van der Waals surface area contributed by atoms with Crippen LogP contribution in [0.4, 0.5) is 0 Å². The van der Waals surface area contributed by atoms with Crippen LogP contribution in [-0.2, 0) is 0 Å². The maximum Gasteiger partial charge on any atom is 0.180 e. The van der Waals surface area contributed by atoms with Gasteiger partial charge in [0.15, 0.2) is 10.8 Å². The molecule has 0 aromatic carbocycles. The first-order valence-electron chi connectivity index (χ1n) is 5.02. The fourth-order valence-electron chi connectivity index (χ4n) is 2.58. The second-order valence-corrected chi connectivity index (χ2v) is 4.93. The topological polar surface area (TPSA) is 95.2 Å². The number of rotatable bonds is 0. The summed E-state index contributed by atoms with van der Waals surface area (Å²) in [6.07, 6.45) is 0.272. The molecule has 0 spiro atoms. The molecule has 4 nitrogen and oxygen atoms in total. The first-order chi connectivity index (χ1) is 7.37. The molecular weight excluding hydrogens is 200 g/mol. The Bertz CT molecular complexity index is 447. The summed E-state index contributed by atoms with van der Waals surface area (Å²) in [6.45, 7) is 5.43. The predicted molar refractivity (Wildman–Crippen MR) is 54.9 cm³/mol. The van der Waals surface area contributed by atoms with Crippen molar-refractivity contribution in [3.05, 3.63) is 0 Å². The van der Waals surface area contributed by atoms with Gasteiger partial charge in [-0.15, -0.1) is 0 Å². The van der Waals surface area contributed by atoms with Gasteiger partial charge in [0.2, 0.25) is 0 Å². The molecule has 0 N–H and O–H groups in total. The Morgan fingerprint density at radius 1 is 0.938 bits per heavy atom. The van der Waals surface area contributed by atoms with Gasteiger partial charge in [-0.3, -0.25) is 0 Å². The van der Waals surface area contributed by atoms with Crippen LogP contribution in [0.1, 0.15) is 27.2 Å². The van der Waals surface area contributed by atoms with Gasteiger partial charge in [0.25, 0.3) is 0 Å². The molecule has 0 aromatic rings. The molecule has 1 aliphatic carbocycles. The summed E-state index contributed by atoms with van der Waals surface area (Å²) < 4.78 is 0. The van der Waals surface area contributed by atoms with E-state index in [1.807, 2.05) is 31.2 Å². The molecule has 4 heteroatoms. The van der Waals surface area contributed by atoms with Gasteiger partial charge in [-0.1, -0.05) is 20.8 Å². The Morgan fingerprint density at radius 2 is 1.38 bits per heavy atom. The summed E-state index contributed by atoms with van der Waals surface area (Å²) >= 11 is 0. The van der Waals surface area contributed by atoms with Crippen LogP contribution >= 0.6 is 0 Å². The van der Waals surface area contributed by atoms with E-state index in [-0.39, 0.29) is 12.3 Å². The van der Waals surface area contributed by atoms with E-state index >= 15 is 0 Å². The van der Waals surface area contributed by atoms with Crippen molar-refractivity contribution in [2.45, 2.75) is 27.2 Å². The molecule has 0 aromatic heterocycles. The van der Waals surface area contributed by atoms with Crippen LogP contribution in [0.25, 0.3) is 0 Å². The normalized spacial score (nSPS) is 28.1. The molecule has 0 amide bonds. The highest BCUT2D eigenvalue weighted by Crippen LogP contribution is 2.64. The minimum Gasteiger partial charge on any atom is -0.196 e. The summed E-state index contributed by atoms with van der Waals surface area (Å²) in [5.74, 6) is -0.0221. The van der Waals surface area contributed by atoms with Gasteiger partial charge >= 0.3 is 0 Å². The number of nitriles is 4. The lowest BCUT2D eigenvalue weighted by Gasteiger charge is -2.35. The first kappa shape index (κ1) is 12.0. The van der Waals surface area contributed by atoms with Gasteiger partial charge in [-0.2, -0.15) is 21.0 Å². The third-order valence-corrected chi connectivity index (χ3v) is 4.17. The molecule has 1 fully saturated rings. The highest BCUT2D eigenvalue weighted by molar-refractivity contribution is 5.41. The zero-order valence-corrected chi connectivity index (χ0v) is 9.57. The fourth-order valence-corrected chi connectivity index (χ4v) is 2.58. The molecule has 1 saturated carbocycles. The molecular formula is C12H12N4. The minimum absolute atomic E-state index is 0.0221. The predicted octanol–water partition coefficient (Wildman–Crippen LogP) is 2.12. The van der Waals surface area contributed by atoms with Crippen molar-refractivity contribution in [2.24, 2.45) is 22.2 Å². The highest BCUT2D eigenvalue weighted by Gasteiger charge is 2.70. The van der Waals surface area contributed by atoms with Gasteiger partial charge in [0, 0.05) is 5.41 Å². The van der Waals surface area contributed by atoms with E-state index in [0.29, 0.717) is 0 Å². The summed E-state index contributed by atoms with van der Waals surface area (Å²) in [5, 5.41) is 37.0. The van der Waals surface area contributed by atoms with Crippen LogP contribution in [-0.4, -0.2) is 0 Å². The Balaban J connectivity index is 3.64. The highest BCUT2D eigenvalue weighted by atomic mass is 14.7. The largest absolute Gasteiger partial charge is 0.196 e. The van der Waals surface area contributed by atoms with Crippen LogP contribution in [0, 0.1) is 67.5 Å². The van der Waals surface area contributed by atoms with Crippen molar-refractivity contribution in [3.8, 4) is 24.3 Å². The maximum atomic E-state index is 9.29. The van der Waals surface area contributed by atoms with Crippen molar-refractivity contribution in [1.82, 2.24) is 0 Å². The second kappa shape index (κ2) is 3.23. The molecule has 0 saturated heterocycles. The average molecular weight is 212 g/mol. The zero-order valence-electron chi connectivity index (χ0n) is 9.57. The lowest BCUT2D eigenvalue weighted by molar-refractivity contribution is 0.155. The third-order valence-electron chi connectivity index (χ3n) is 4.17. The SMILES string of the molecule is CC1CC(C#N)(C#N)C(C#N)(C#N)C1(C)C.